The molecule has 162 valence electrons. The average Bonchev–Trinajstić information content (AvgIpc) is 3.00. The van der Waals surface area contributed by atoms with E-state index in [0.717, 1.165) is 43.9 Å². The first kappa shape index (κ1) is 22.0. The molecule has 1 amide bonds. The first-order valence-corrected chi connectivity index (χ1v) is 10.4. The van der Waals surface area contributed by atoms with Gasteiger partial charge in [-0.25, -0.2) is 9.78 Å². The molecule has 4 rings (SSSR count). The minimum atomic E-state index is -5.08. The van der Waals surface area contributed by atoms with E-state index in [1.807, 2.05) is 6.92 Å². The van der Waals surface area contributed by atoms with Crippen molar-refractivity contribution in [1.82, 2.24) is 15.2 Å². The fourth-order valence-corrected chi connectivity index (χ4v) is 4.24. The number of ether oxygens (including phenoxy) is 1. The summed E-state index contributed by atoms with van der Waals surface area (Å²) in [5.41, 5.74) is 1.17. The molecule has 2 aliphatic heterocycles. The Labute approximate surface area is 170 Å². The van der Waals surface area contributed by atoms with Crippen LogP contribution in [-0.2, 0) is 20.9 Å². The van der Waals surface area contributed by atoms with E-state index in [0.29, 0.717) is 24.5 Å². The van der Waals surface area contributed by atoms with Crippen LogP contribution >= 0.6 is 11.3 Å². The number of nitrogens with zero attached hydrogens (tertiary/aromatic N) is 2. The molecule has 2 saturated heterocycles. The summed E-state index contributed by atoms with van der Waals surface area (Å²) in [7, 11) is 0. The van der Waals surface area contributed by atoms with Gasteiger partial charge in [0.05, 0.1) is 29.3 Å². The van der Waals surface area contributed by atoms with Gasteiger partial charge in [0, 0.05) is 37.0 Å². The van der Waals surface area contributed by atoms with Gasteiger partial charge in [0.15, 0.2) is 0 Å². The fourth-order valence-electron chi connectivity index (χ4n) is 3.64. The number of halogens is 3. The van der Waals surface area contributed by atoms with Crippen LogP contribution < -0.4 is 5.32 Å². The lowest BCUT2D eigenvalue weighted by Crippen LogP contribution is -2.30. The van der Waals surface area contributed by atoms with Crippen molar-refractivity contribution in [2.75, 3.05) is 13.1 Å². The topological polar surface area (TPSA) is 91.8 Å². The van der Waals surface area contributed by atoms with Gasteiger partial charge in [-0.1, -0.05) is 0 Å². The van der Waals surface area contributed by atoms with E-state index >= 15 is 0 Å². The third kappa shape index (κ3) is 6.65. The SMILES string of the molecule is Cc1nc(CN2C[C@@H]3C[C@H](CC(=O)NC4CC4)O[C@@H]3C2)cs1.O=C(O)C(F)(F)F. The molecular formula is C18H24F3N3O4S. The molecule has 3 atom stereocenters. The van der Waals surface area contributed by atoms with Crippen LogP contribution in [0.1, 0.15) is 36.4 Å². The molecule has 7 nitrogen and oxygen atoms in total. The minimum absolute atomic E-state index is 0.123. The van der Waals surface area contributed by atoms with E-state index in [-0.39, 0.29) is 12.0 Å². The highest BCUT2D eigenvalue weighted by atomic mass is 32.1. The monoisotopic (exact) mass is 435 g/mol. The van der Waals surface area contributed by atoms with Gasteiger partial charge in [-0.15, -0.1) is 11.3 Å². The highest BCUT2D eigenvalue weighted by Gasteiger charge is 2.42. The Hall–Kier alpha value is -1.72. The van der Waals surface area contributed by atoms with Crippen molar-refractivity contribution in [3.05, 3.63) is 16.1 Å². The molecule has 11 heteroatoms. The van der Waals surface area contributed by atoms with E-state index in [9.17, 15) is 18.0 Å². The number of nitrogens with one attached hydrogen (secondary N) is 1. The summed E-state index contributed by atoms with van der Waals surface area (Å²) in [6.07, 6.45) is -0.804. The molecule has 0 aromatic carbocycles. The number of likely N-dealkylation sites (tertiary alicyclic amines) is 1. The number of carboxylic acid groups (broad SMARTS) is 1. The van der Waals surface area contributed by atoms with Crippen LogP contribution in [0.15, 0.2) is 5.38 Å². The maximum Gasteiger partial charge on any atom is 0.490 e. The van der Waals surface area contributed by atoms with Crippen molar-refractivity contribution in [3.8, 4) is 0 Å². The zero-order valence-electron chi connectivity index (χ0n) is 15.9. The lowest BCUT2D eigenvalue weighted by Gasteiger charge is -2.18. The third-order valence-electron chi connectivity index (χ3n) is 5.04. The van der Waals surface area contributed by atoms with Crippen molar-refractivity contribution >= 4 is 23.2 Å². The fraction of sp³-hybridized carbons (Fsp3) is 0.722. The van der Waals surface area contributed by atoms with Gasteiger partial charge < -0.3 is 15.2 Å². The van der Waals surface area contributed by atoms with E-state index < -0.39 is 12.1 Å². The van der Waals surface area contributed by atoms with Crippen LogP contribution in [0.3, 0.4) is 0 Å². The number of hydrogen-bond acceptors (Lipinski definition) is 6. The largest absolute Gasteiger partial charge is 0.490 e. The summed E-state index contributed by atoms with van der Waals surface area (Å²) in [5.74, 6) is -2.01. The molecule has 1 aliphatic carbocycles. The number of thiazole rings is 1. The number of aromatic nitrogens is 1. The summed E-state index contributed by atoms with van der Waals surface area (Å²) in [4.78, 5) is 27.7. The molecule has 3 fully saturated rings. The second-order valence-corrected chi connectivity index (χ2v) is 8.76. The smallest absolute Gasteiger partial charge is 0.475 e. The van der Waals surface area contributed by atoms with E-state index in [4.69, 9.17) is 14.6 Å². The minimum Gasteiger partial charge on any atom is -0.475 e. The maximum absolute atomic E-state index is 11.9. The van der Waals surface area contributed by atoms with Crippen molar-refractivity contribution in [3.63, 3.8) is 0 Å². The number of carbonyl (C=O) groups is 2. The number of aryl methyl sites for hydroxylation is 1. The molecule has 2 N–H and O–H groups in total. The lowest BCUT2D eigenvalue weighted by molar-refractivity contribution is -0.192. The summed E-state index contributed by atoms with van der Waals surface area (Å²) < 4.78 is 37.8. The van der Waals surface area contributed by atoms with E-state index in [2.05, 4.69) is 20.6 Å². The number of aliphatic carboxylic acids is 1. The predicted octanol–water partition coefficient (Wildman–Crippen LogP) is 2.34. The molecular weight excluding hydrogens is 411 g/mol. The zero-order valence-corrected chi connectivity index (χ0v) is 16.8. The second-order valence-electron chi connectivity index (χ2n) is 7.69. The molecule has 1 aromatic rings. The van der Waals surface area contributed by atoms with Gasteiger partial charge in [-0.3, -0.25) is 9.69 Å². The number of alkyl halides is 3. The summed E-state index contributed by atoms with van der Waals surface area (Å²) in [6, 6.07) is 0.450. The molecule has 0 spiro atoms. The highest BCUT2D eigenvalue weighted by molar-refractivity contribution is 7.09. The van der Waals surface area contributed by atoms with Gasteiger partial charge in [-0.2, -0.15) is 13.2 Å². The first-order valence-electron chi connectivity index (χ1n) is 9.48. The standard InChI is InChI=1S/C16H23N3O2S.C2HF3O2/c1-10-17-13(9-22-10)7-19-6-11-4-14(21-15(11)8-19)5-16(20)18-12-2-3-12;3-2(4,5)1(6)7/h9,11-12,14-15H,2-8H2,1H3,(H,18,20);(H,6,7)/t11-,14+,15+;/m0./s1. The molecule has 0 unspecified atom stereocenters. The second kappa shape index (κ2) is 8.97. The number of fused-ring (bicyclic) bond motifs is 1. The van der Waals surface area contributed by atoms with Gasteiger partial charge in [0.25, 0.3) is 0 Å². The maximum atomic E-state index is 11.9. The normalized spacial score (nSPS) is 26.6. The predicted molar refractivity (Wildman–Crippen MR) is 98.4 cm³/mol. The molecule has 0 radical (unpaired) electrons. The Balaban J connectivity index is 0.000000298. The van der Waals surface area contributed by atoms with E-state index in [1.54, 1.807) is 11.3 Å². The number of amides is 1. The molecule has 1 saturated carbocycles. The van der Waals surface area contributed by atoms with Crippen LogP contribution in [-0.4, -0.2) is 64.4 Å². The summed E-state index contributed by atoms with van der Waals surface area (Å²) in [6.45, 7) is 5.02. The van der Waals surface area contributed by atoms with Gasteiger partial charge >= 0.3 is 12.1 Å². The number of rotatable bonds is 5. The van der Waals surface area contributed by atoms with Crippen LogP contribution in [0.2, 0.25) is 0 Å². The highest BCUT2D eigenvalue weighted by Crippen LogP contribution is 2.35. The van der Waals surface area contributed by atoms with Gasteiger partial charge in [0.1, 0.15) is 0 Å². The Morgan fingerprint density at radius 2 is 2.07 bits per heavy atom. The van der Waals surface area contributed by atoms with Crippen LogP contribution in [0.5, 0.6) is 0 Å². The Morgan fingerprint density at radius 3 is 2.59 bits per heavy atom. The van der Waals surface area contributed by atoms with E-state index in [1.165, 1.54) is 5.69 Å². The molecule has 3 aliphatic rings. The number of carboxylic acids is 1. The summed E-state index contributed by atoms with van der Waals surface area (Å²) >= 11 is 1.71. The van der Waals surface area contributed by atoms with Gasteiger partial charge in [0.2, 0.25) is 5.91 Å². The molecule has 1 aromatic heterocycles. The Kier molecular flexibility index (Phi) is 6.79. The number of carbonyl (C=O) groups excluding carboxylic acids is 1. The van der Waals surface area contributed by atoms with Crippen LogP contribution in [0.25, 0.3) is 0 Å². The lowest BCUT2D eigenvalue weighted by atomic mass is 10.0. The average molecular weight is 435 g/mol. The van der Waals surface area contributed by atoms with Crippen molar-refractivity contribution in [2.45, 2.75) is 63.6 Å². The first-order chi connectivity index (χ1) is 13.6. The summed E-state index contributed by atoms with van der Waals surface area (Å²) in [5, 5.41) is 13.5. The molecule has 3 heterocycles. The van der Waals surface area contributed by atoms with Crippen molar-refractivity contribution < 1.29 is 32.6 Å². The van der Waals surface area contributed by atoms with Crippen LogP contribution in [0.4, 0.5) is 13.2 Å². The zero-order chi connectivity index (χ0) is 21.2. The quantitative estimate of drug-likeness (QED) is 0.738. The van der Waals surface area contributed by atoms with Crippen LogP contribution in [0, 0.1) is 12.8 Å². The Bertz CT molecular complexity index is 724. The molecule has 29 heavy (non-hydrogen) atoms. The van der Waals surface area contributed by atoms with Gasteiger partial charge in [-0.05, 0) is 26.2 Å². The number of hydrogen-bond donors (Lipinski definition) is 2. The van der Waals surface area contributed by atoms with Crippen molar-refractivity contribution in [1.29, 1.82) is 0 Å². The van der Waals surface area contributed by atoms with Crippen molar-refractivity contribution in [2.24, 2.45) is 5.92 Å². The Morgan fingerprint density at radius 1 is 1.38 bits per heavy atom. The third-order valence-corrected chi connectivity index (χ3v) is 5.86. The molecule has 0 bridgehead atoms.